The maximum Gasteiger partial charge on any atom is 0.271 e. The van der Waals surface area contributed by atoms with Crippen molar-refractivity contribution in [3.63, 3.8) is 0 Å². The van der Waals surface area contributed by atoms with Gasteiger partial charge in [0.1, 0.15) is 0 Å². The van der Waals surface area contributed by atoms with E-state index in [0.717, 1.165) is 4.90 Å². The second-order valence-corrected chi connectivity index (χ2v) is 12.4. The third kappa shape index (κ3) is 4.03. The lowest BCUT2D eigenvalue weighted by Gasteiger charge is -2.49. The fraction of sp³-hybridized carbons (Fsp3) is 0.314. The Morgan fingerprint density at radius 2 is 1.63 bits per heavy atom. The predicted octanol–water partition coefficient (Wildman–Crippen LogP) is 5.13. The molecule has 234 valence electrons. The summed E-state index contributed by atoms with van der Waals surface area (Å²) in [6.07, 6.45) is 2.22. The summed E-state index contributed by atoms with van der Waals surface area (Å²) in [4.78, 5) is 69.9. The Morgan fingerprint density at radius 1 is 0.913 bits per heavy atom. The highest BCUT2D eigenvalue weighted by Gasteiger charge is 2.68. The number of imide groups is 2. The van der Waals surface area contributed by atoms with Gasteiger partial charge in [-0.1, -0.05) is 48.0 Å². The molecule has 1 N–H and O–H groups in total. The smallest absolute Gasteiger partial charge is 0.271 e. The van der Waals surface area contributed by atoms with E-state index >= 15 is 0 Å². The molecule has 6 atom stereocenters. The van der Waals surface area contributed by atoms with E-state index in [1.165, 1.54) is 29.2 Å². The molecule has 2 saturated heterocycles. The minimum Gasteiger partial charge on any atom is -0.504 e. The topological polar surface area (TPSA) is 147 Å². The summed E-state index contributed by atoms with van der Waals surface area (Å²) in [5.74, 6) is -5.57. The SMILES string of the molecule is CCOc1cccc([C@H]2C3=CC[C@@H]4C(=O)N(c5cccc([N+](=O)[O-])c5)C(=O)[C@@H]4[C@@H]3C[C@H]3C(=O)N(c4ccccc4)C(=O)[C@@]23C)c1O. The van der Waals surface area contributed by atoms with Crippen LogP contribution in [-0.4, -0.2) is 40.3 Å². The van der Waals surface area contributed by atoms with Gasteiger partial charge in [-0.25, -0.2) is 9.80 Å². The average molecular weight is 622 g/mol. The maximum absolute atomic E-state index is 14.5. The van der Waals surface area contributed by atoms with Crippen LogP contribution in [0, 0.1) is 39.2 Å². The molecule has 0 spiro atoms. The van der Waals surface area contributed by atoms with Crippen molar-refractivity contribution in [2.45, 2.75) is 32.6 Å². The van der Waals surface area contributed by atoms with Gasteiger partial charge in [-0.3, -0.25) is 29.3 Å². The number of phenols is 1. The van der Waals surface area contributed by atoms with Gasteiger partial charge in [-0.15, -0.1) is 0 Å². The highest BCUT2D eigenvalue weighted by molar-refractivity contribution is 6.25. The highest BCUT2D eigenvalue weighted by Crippen LogP contribution is 2.65. The number of para-hydroxylation sites is 2. The molecule has 3 fully saturated rings. The lowest BCUT2D eigenvalue weighted by Crippen LogP contribution is -2.48. The first-order valence-electron chi connectivity index (χ1n) is 15.3. The quantitative estimate of drug-likeness (QED) is 0.172. The highest BCUT2D eigenvalue weighted by atomic mass is 16.6. The van der Waals surface area contributed by atoms with E-state index in [0.29, 0.717) is 23.4 Å². The number of hydrogen-bond acceptors (Lipinski definition) is 8. The monoisotopic (exact) mass is 621 g/mol. The van der Waals surface area contributed by atoms with Crippen LogP contribution >= 0.6 is 0 Å². The molecule has 7 rings (SSSR count). The molecule has 0 bridgehead atoms. The number of non-ortho nitro benzene ring substituents is 1. The van der Waals surface area contributed by atoms with Crippen LogP contribution < -0.4 is 14.5 Å². The van der Waals surface area contributed by atoms with E-state index < -0.39 is 63.6 Å². The minimum atomic E-state index is -1.32. The van der Waals surface area contributed by atoms with Crippen LogP contribution in [0.5, 0.6) is 11.5 Å². The third-order valence-corrected chi connectivity index (χ3v) is 10.2. The van der Waals surface area contributed by atoms with Crippen molar-refractivity contribution in [3.05, 3.63) is 100 Å². The van der Waals surface area contributed by atoms with Gasteiger partial charge in [0.05, 0.1) is 46.1 Å². The van der Waals surface area contributed by atoms with Gasteiger partial charge >= 0.3 is 0 Å². The standard InChI is InChI=1S/C35H31N3O8/c1-3-46-27-14-8-13-24(30(27)39)29-22-15-16-23-28(33(42)36(31(23)40)20-11-7-12-21(17-20)38(44)45)25(22)18-26-32(41)37(34(43)35(26,29)2)19-9-5-4-6-10-19/h4-15,17,23,25-26,28-29,39H,3,16,18H2,1-2H3/t23-,25+,26-,28-,29+,35+/m0/s1. The second-order valence-electron chi connectivity index (χ2n) is 12.4. The molecule has 2 heterocycles. The number of rotatable bonds is 6. The number of aromatic hydroxyl groups is 1. The number of nitro benzene ring substituents is 1. The van der Waals surface area contributed by atoms with E-state index in [4.69, 9.17) is 4.74 Å². The number of carbonyl (C=O) groups excluding carboxylic acids is 4. The van der Waals surface area contributed by atoms with Crippen LogP contribution in [0.25, 0.3) is 0 Å². The van der Waals surface area contributed by atoms with Crippen LogP contribution in [0.3, 0.4) is 0 Å². The van der Waals surface area contributed by atoms with E-state index in [-0.39, 0.29) is 35.7 Å². The Balaban J connectivity index is 1.37. The zero-order valence-electron chi connectivity index (χ0n) is 25.2. The lowest BCUT2D eigenvalue weighted by molar-refractivity contribution is -0.384. The van der Waals surface area contributed by atoms with Gasteiger partial charge in [0, 0.05) is 23.6 Å². The number of phenolic OH excluding ortho intramolecular Hbond substituents is 1. The lowest BCUT2D eigenvalue weighted by atomic mass is 9.51. The number of hydrogen-bond donors (Lipinski definition) is 1. The molecule has 11 heteroatoms. The summed E-state index contributed by atoms with van der Waals surface area (Å²) in [7, 11) is 0. The zero-order chi connectivity index (χ0) is 32.5. The summed E-state index contributed by atoms with van der Waals surface area (Å²) < 4.78 is 5.69. The van der Waals surface area contributed by atoms with E-state index in [2.05, 4.69) is 0 Å². The van der Waals surface area contributed by atoms with Crippen LogP contribution in [0.1, 0.15) is 38.2 Å². The van der Waals surface area contributed by atoms with Crippen molar-refractivity contribution in [1.29, 1.82) is 0 Å². The molecule has 46 heavy (non-hydrogen) atoms. The molecular formula is C35H31N3O8. The number of nitrogens with zero attached hydrogens (tertiary/aromatic N) is 3. The van der Waals surface area contributed by atoms with Crippen LogP contribution in [0.2, 0.25) is 0 Å². The maximum atomic E-state index is 14.5. The van der Waals surface area contributed by atoms with Crippen molar-refractivity contribution in [1.82, 2.24) is 0 Å². The van der Waals surface area contributed by atoms with E-state index in [1.54, 1.807) is 62.4 Å². The molecule has 0 radical (unpaired) electrons. The molecule has 2 aliphatic carbocycles. The molecule has 0 aromatic heterocycles. The van der Waals surface area contributed by atoms with Gasteiger partial charge in [-0.2, -0.15) is 0 Å². The fourth-order valence-corrected chi connectivity index (χ4v) is 8.23. The molecule has 11 nitrogen and oxygen atoms in total. The van der Waals surface area contributed by atoms with Gasteiger partial charge in [0.15, 0.2) is 11.5 Å². The van der Waals surface area contributed by atoms with Crippen molar-refractivity contribution in [3.8, 4) is 11.5 Å². The van der Waals surface area contributed by atoms with Crippen molar-refractivity contribution in [2.24, 2.45) is 29.1 Å². The van der Waals surface area contributed by atoms with E-state index in [1.807, 2.05) is 6.08 Å². The van der Waals surface area contributed by atoms with Gasteiger partial charge in [-0.05, 0) is 56.9 Å². The number of benzene rings is 3. The first-order valence-corrected chi connectivity index (χ1v) is 15.3. The number of fused-ring (bicyclic) bond motifs is 4. The van der Waals surface area contributed by atoms with Crippen molar-refractivity contribution in [2.75, 3.05) is 16.4 Å². The molecule has 4 aliphatic rings. The van der Waals surface area contributed by atoms with Crippen molar-refractivity contribution < 1.29 is 33.9 Å². The summed E-state index contributed by atoms with van der Waals surface area (Å²) in [5, 5.41) is 23.0. The molecule has 0 unspecified atom stereocenters. The van der Waals surface area contributed by atoms with Crippen LogP contribution in [-0.2, 0) is 19.2 Å². The Morgan fingerprint density at radius 3 is 2.35 bits per heavy atom. The predicted molar refractivity (Wildman–Crippen MR) is 166 cm³/mol. The van der Waals surface area contributed by atoms with Crippen LogP contribution in [0.15, 0.2) is 84.4 Å². The molecule has 1 saturated carbocycles. The van der Waals surface area contributed by atoms with Crippen molar-refractivity contribution >= 4 is 40.7 Å². The Labute approximate surface area is 264 Å². The zero-order valence-corrected chi connectivity index (χ0v) is 25.2. The summed E-state index contributed by atoms with van der Waals surface area (Å²) >= 11 is 0. The first kappa shape index (κ1) is 29.4. The second kappa shape index (κ2) is 10.6. The first-order chi connectivity index (χ1) is 22.1. The summed E-state index contributed by atoms with van der Waals surface area (Å²) in [6, 6.07) is 19.1. The molecule has 4 amide bonds. The van der Waals surface area contributed by atoms with Gasteiger partial charge in [0.2, 0.25) is 23.6 Å². The minimum absolute atomic E-state index is 0.113. The van der Waals surface area contributed by atoms with E-state index in [9.17, 15) is 34.4 Å². The Kier molecular flexibility index (Phi) is 6.80. The van der Waals surface area contributed by atoms with Gasteiger partial charge in [0.25, 0.3) is 5.69 Å². The number of anilines is 2. The molecule has 2 aliphatic heterocycles. The summed E-state index contributed by atoms with van der Waals surface area (Å²) in [5.41, 5.74) is 0.0783. The number of ether oxygens (including phenoxy) is 1. The Bertz CT molecular complexity index is 1860. The largest absolute Gasteiger partial charge is 0.504 e. The number of allylic oxidation sites excluding steroid dienone is 2. The fourth-order valence-electron chi connectivity index (χ4n) is 8.23. The average Bonchev–Trinajstić information content (AvgIpc) is 3.42. The number of nitro groups is 1. The molecular weight excluding hydrogens is 590 g/mol. The number of carbonyl (C=O) groups is 4. The Hall–Kier alpha value is -5.32. The summed E-state index contributed by atoms with van der Waals surface area (Å²) in [6.45, 7) is 3.83. The molecule has 3 aromatic carbocycles. The van der Waals surface area contributed by atoms with Crippen LogP contribution in [0.4, 0.5) is 17.1 Å². The number of amides is 4. The third-order valence-electron chi connectivity index (χ3n) is 10.2. The molecule has 3 aromatic rings. The normalized spacial score (nSPS) is 28.5. The van der Waals surface area contributed by atoms with Gasteiger partial charge < -0.3 is 9.84 Å².